The minimum Gasteiger partial charge on any atom is -0.360 e. The first-order valence-corrected chi connectivity index (χ1v) is 8.95. The maximum Gasteiger partial charge on any atom is 0.223 e. The zero-order chi connectivity index (χ0) is 17.9. The van der Waals surface area contributed by atoms with Gasteiger partial charge in [0.25, 0.3) is 0 Å². The average molecular weight is 372 g/mol. The molecule has 1 aliphatic rings. The van der Waals surface area contributed by atoms with Crippen LogP contribution in [0, 0.1) is 0 Å². The van der Waals surface area contributed by atoms with Crippen LogP contribution in [0.3, 0.4) is 0 Å². The number of carbonyl (C=O) groups is 1. The van der Waals surface area contributed by atoms with E-state index in [1.54, 1.807) is 6.07 Å². The van der Waals surface area contributed by atoms with Crippen LogP contribution >= 0.6 is 11.6 Å². The molecule has 0 spiro atoms. The molecule has 0 aliphatic carbocycles. The van der Waals surface area contributed by atoms with Crippen LogP contribution in [0.25, 0.3) is 11.4 Å². The van der Waals surface area contributed by atoms with Crippen molar-refractivity contribution in [1.29, 1.82) is 0 Å². The number of carbonyl (C=O) groups excluding carboxylic acids is 1. The quantitative estimate of drug-likeness (QED) is 0.704. The second kappa shape index (κ2) is 7.29. The number of aryl methyl sites for hydroxylation is 1. The van der Waals surface area contributed by atoms with Crippen LogP contribution in [0.5, 0.6) is 0 Å². The number of hydrogen-bond acceptors (Lipinski definition) is 5. The van der Waals surface area contributed by atoms with Crippen molar-refractivity contribution in [3.05, 3.63) is 53.1 Å². The lowest BCUT2D eigenvalue weighted by molar-refractivity contribution is -0.131. The van der Waals surface area contributed by atoms with E-state index in [2.05, 4.69) is 15.2 Å². The van der Waals surface area contributed by atoms with E-state index in [1.807, 2.05) is 39.9 Å². The smallest absolute Gasteiger partial charge is 0.223 e. The number of nitrogens with zero attached hydrogens (tertiary/aromatic N) is 5. The lowest BCUT2D eigenvalue weighted by Crippen LogP contribution is -2.33. The van der Waals surface area contributed by atoms with E-state index >= 15 is 0 Å². The molecular weight excluding hydrogens is 354 g/mol. The minimum absolute atomic E-state index is 0.0894. The summed E-state index contributed by atoms with van der Waals surface area (Å²) >= 11 is 5.73. The Morgan fingerprint density at radius 3 is 2.81 bits per heavy atom. The average Bonchev–Trinajstić information content (AvgIpc) is 3.21. The van der Waals surface area contributed by atoms with Crippen LogP contribution in [-0.4, -0.2) is 43.8 Å². The predicted octanol–water partition coefficient (Wildman–Crippen LogP) is 2.60. The van der Waals surface area contributed by atoms with Gasteiger partial charge < -0.3 is 9.42 Å². The lowest BCUT2D eigenvalue weighted by Gasteiger charge is -2.19. The molecule has 3 heterocycles. The van der Waals surface area contributed by atoms with E-state index in [0.717, 1.165) is 17.2 Å². The summed E-state index contributed by atoms with van der Waals surface area (Å²) in [5.74, 6) is 2.37. The number of hydrogen-bond donors (Lipinski definition) is 0. The molecule has 0 atom stereocenters. The van der Waals surface area contributed by atoms with Crippen LogP contribution in [0.15, 0.2) is 40.9 Å². The van der Waals surface area contributed by atoms with Crippen molar-refractivity contribution < 1.29 is 9.32 Å². The molecule has 1 aromatic carbocycles. The molecule has 0 fully saturated rings. The maximum atomic E-state index is 12.5. The van der Waals surface area contributed by atoms with Crippen LogP contribution in [0.2, 0.25) is 5.15 Å². The highest BCUT2D eigenvalue weighted by atomic mass is 35.5. The Morgan fingerprint density at radius 1 is 1.19 bits per heavy atom. The molecule has 0 saturated carbocycles. The monoisotopic (exact) mass is 371 g/mol. The zero-order valence-electron chi connectivity index (χ0n) is 14.1. The van der Waals surface area contributed by atoms with E-state index < -0.39 is 0 Å². The number of rotatable bonds is 4. The summed E-state index contributed by atoms with van der Waals surface area (Å²) in [5, 5.41) is 8.53. The fourth-order valence-electron chi connectivity index (χ4n) is 3.05. The first kappa shape index (κ1) is 16.8. The molecule has 26 heavy (non-hydrogen) atoms. The minimum atomic E-state index is 0.0894. The van der Waals surface area contributed by atoms with Crippen molar-refractivity contribution in [1.82, 2.24) is 24.8 Å². The Balaban J connectivity index is 1.37. The maximum absolute atomic E-state index is 12.5. The summed E-state index contributed by atoms with van der Waals surface area (Å²) in [4.78, 5) is 19.0. The summed E-state index contributed by atoms with van der Waals surface area (Å²) in [6.45, 7) is 1.92. The summed E-state index contributed by atoms with van der Waals surface area (Å²) in [5.41, 5.74) is 1.01. The molecule has 0 saturated heterocycles. The van der Waals surface area contributed by atoms with Gasteiger partial charge in [0.2, 0.25) is 5.91 Å². The third-order valence-corrected chi connectivity index (χ3v) is 4.61. The fourth-order valence-corrected chi connectivity index (χ4v) is 3.21. The van der Waals surface area contributed by atoms with Gasteiger partial charge in [0.15, 0.2) is 11.0 Å². The summed E-state index contributed by atoms with van der Waals surface area (Å²) in [6.07, 6.45) is 1.56. The molecule has 1 amide bonds. The van der Waals surface area contributed by atoms with E-state index in [4.69, 9.17) is 16.1 Å². The van der Waals surface area contributed by atoms with Gasteiger partial charge >= 0.3 is 0 Å². The second-order valence-electron chi connectivity index (χ2n) is 6.19. The van der Waals surface area contributed by atoms with Gasteiger partial charge in [-0.3, -0.25) is 4.79 Å². The Bertz CT molecular complexity index is 880. The Labute approximate surface area is 155 Å². The Kier molecular flexibility index (Phi) is 4.71. The van der Waals surface area contributed by atoms with Gasteiger partial charge in [0, 0.05) is 44.0 Å². The third kappa shape index (κ3) is 3.62. The first-order chi connectivity index (χ1) is 12.7. The molecule has 0 unspecified atom stereocenters. The van der Waals surface area contributed by atoms with Crippen molar-refractivity contribution in [2.45, 2.75) is 25.8 Å². The van der Waals surface area contributed by atoms with Crippen molar-refractivity contribution in [3.63, 3.8) is 0 Å². The third-order valence-electron chi connectivity index (χ3n) is 4.44. The van der Waals surface area contributed by atoms with Crippen LogP contribution in [-0.2, 0) is 24.2 Å². The first-order valence-electron chi connectivity index (χ1n) is 8.57. The standard InChI is InChI=1S/C18H18ClN5O2/c19-15-12-14(26-22-15)6-7-17(25)23-9-8-16-20-18(21-24(16)11-10-23)13-4-2-1-3-5-13/h1-5,12H,6-11H2. The normalized spacial score (nSPS) is 14.1. The van der Waals surface area contributed by atoms with Gasteiger partial charge in [-0.05, 0) is 0 Å². The second-order valence-corrected chi connectivity index (χ2v) is 6.57. The fraction of sp³-hybridized carbons (Fsp3) is 0.333. The van der Waals surface area contributed by atoms with Crippen molar-refractivity contribution in [2.24, 2.45) is 0 Å². The number of halogens is 1. The molecule has 134 valence electrons. The van der Waals surface area contributed by atoms with Gasteiger partial charge in [-0.1, -0.05) is 47.1 Å². The summed E-state index contributed by atoms with van der Waals surface area (Å²) in [6, 6.07) is 11.6. The van der Waals surface area contributed by atoms with Gasteiger partial charge in [0.1, 0.15) is 11.6 Å². The van der Waals surface area contributed by atoms with Gasteiger partial charge in [0.05, 0.1) is 6.54 Å². The molecule has 1 aliphatic heterocycles. The molecule has 0 bridgehead atoms. The topological polar surface area (TPSA) is 77.1 Å². The van der Waals surface area contributed by atoms with Gasteiger partial charge in [-0.15, -0.1) is 0 Å². The molecule has 0 radical (unpaired) electrons. The summed E-state index contributed by atoms with van der Waals surface area (Å²) in [7, 11) is 0. The van der Waals surface area contributed by atoms with Crippen molar-refractivity contribution in [3.8, 4) is 11.4 Å². The van der Waals surface area contributed by atoms with Crippen LogP contribution in [0.4, 0.5) is 0 Å². The van der Waals surface area contributed by atoms with Crippen molar-refractivity contribution >= 4 is 17.5 Å². The molecule has 4 rings (SSSR count). The van der Waals surface area contributed by atoms with E-state index in [1.165, 1.54) is 0 Å². The van der Waals surface area contributed by atoms with E-state index in [0.29, 0.717) is 49.8 Å². The Hall–Kier alpha value is -2.67. The largest absolute Gasteiger partial charge is 0.360 e. The molecule has 3 aromatic rings. The van der Waals surface area contributed by atoms with Crippen LogP contribution < -0.4 is 0 Å². The molecule has 0 N–H and O–H groups in total. The number of benzene rings is 1. The number of fused-ring (bicyclic) bond motifs is 1. The SMILES string of the molecule is O=C(CCc1cc(Cl)no1)N1CCc2nc(-c3ccccc3)nn2CC1. The number of aromatic nitrogens is 4. The summed E-state index contributed by atoms with van der Waals surface area (Å²) < 4.78 is 6.95. The van der Waals surface area contributed by atoms with Crippen molar-refractivity contribution in [2.75, 3.05) is 13.1 Å². The molecule has 7 nitrogen and oxygen atoms in total. The van der Waals surface area contributed by atoms with Crippen LogP contribution in [0.1, 0.15) is 18.0 Å². The molecular formula is C18H18ClN5O2. The zero-order valence-corrected chi connectivity index (χ0v) is 14.9. The van der Waals surface area contributed by atoms with Gasteiger partial charge in [-0.2, -0.15) is 5.10 Å². The highest BCUT2D eigenvalue weighted by Gasteiger charge is 2.21. The molecule has 8 heteroatoms. The van der Waals surface area contributed by atoms with Gasteiger partial charge in [-0.25, -0.2) is 9.67 Å². The predicted molar refractivity (Wildman–Crippen MR) is 95.6 cm³/mol. The molecule has 2 aromatic heterocycles. The lowest BCUT2D eigenvalue weighted by atomic mass is 10.2. The highest BCUT2D eigenvalue weighted by molar-refractivity contribution is 6.29. The highest BCUT2D eigenvalue weighted by Crippen LogP contribution is 2.17. The van der Waals surface area contributed by atoms with E-state index in [9.17, 15) is 4.79 Å². The Morgan fingerprint density at radius 2 is 2.04 bits per heavy atom. The number of amides is 1. The van der Waals surface area contributed by atoms with E-state index in [-0.39, 0.29) is 5.91 Å².